The summed E-state index contributed by atoms with van der Waals surface area (Å²) < 4.78 is 5.01. The fourth-order valence-electron chi connectivity index (χ4n) is 2.27. The van der Waals surface area contributed by atoms with E-state index in [1.165, 1.54) is 44.9 Å². The number of hydrogen-bond acceptors (Lipinski definition) is 3. The molecule has 0 aliphatic carbocycles. The standard InChI is InChI=1S/C16H33NO2/c1-4-7-8-9-10-11-12-14-17(13-5-2)15-16(18)19-6-3/h4-15H2,1-3H3. The van der Waals surface area contributed by atoms with Crippen LogP contribution in [0.5, 0.6) is 0 Å². The van der Waals surface area contributed by atoms with Crippen molar-refractivity contribution in [1.29, 1.82) is 0 Å². The van der Waals surface area contributed by atoms with Crippen LogP contribution < -0.4 is 0 Å². The quantitative estimate of drug-likeness (QED) is 0.374. The number of rotatable bonds is 13. The van der Waals surface area contributed by atoms with Gasteiger partial charge in [-0.2, -0.15) is 0 Å². The van der Waals surface area contributed by atoms with E-state index < -0.39 is 0 Å². The third-order valence-corrected chi connectivity index (χ3v) is 3.28. The molecule has 114 valence electrons. The van der Waals surface area contributed by atoms with Gasteiger partial charge in [-0.15, -0.1) is 0 Å². The number of carbonyl (C=O) groups is 1. The number of carbonyl (C=O) groups excluding carboxylic acids is 1. The van der Waals surface area contributed by atoms with E-state index in [4.69, 9.17) is 4.74 Å². The van der Waals surface area contributed by atoms with Crippen molar-refractivity contribution in [3.8, 4) is 0 Å². The van der Waals surface area contributed by atoms with Crippen LogP contribution in [-0.4, -0.2) is 37.1 Å². The van der Waals surface area contributed by atoms with Crippen molar-refractivity contribution in [1.82, 2.24) is 4.90 Å². The van der Waals surface area contributed by atoms with E-state index in [1.807, 2.05) is 6.92 Å². The van der Waals surface area contributed by atoms with E-state index in [2.05, 4.69) is 18.7 Å². The molecule has 0 heterocycles. The van der Waals surface area contributed by atoms with Gasteiger partial charge < -0.3 is 4.74 Å². The van der Waals surface area contributed by atoms with Crippen LogP contribution in [0.2, 0.25) is 0 Å². The summed E-state index contributed by atoms with van der Waals surface area (Å²) in [4.78, 5) is 13.7. The first-order valence-electron chi connectivity index (χ1n) is 8.12. The summed E-state index contributed by atoms with van der Waals surface area (Å²) in [6, 6.07) is 0. The van der Waals surface area contributed by atoms with Gasteiger partial charge in [0, 0.05) is 0 Å². The Hall–Kier alpha value is -0.570. The Morgan fingerprint density at radius 1 is 0.842 bits per heavy atom. The summed E-state index contributed by atoms with van der Waals surface area (Å²) in [6.07, 6.45) is 10.3. The summed E-state index contributed by atoms with van der Waals surface area (Å²) >= 11 is 0. The highest BCUT2D eigenvalue weighted by atomic mass is 16.5. The molecule has 0 aliphatic heterocycles. The predicted molar refractivity (Wildman–Crippen MR) is 81.4 cm³/mol. The van der Waals surface area contributed by atoms with E-state index in [-0.39, 0.29) is 5.97 Å². The Balaban J connectivity index is 3.61. The van der Waals surface area contributed by atoms with E-state index in [0.29, 0.717) is 13.2 Å². The topological polar surface area (TPSA) is 29.5 Å². The minimum atomic E-state index is -0.0844. The van der Waals surface area contributed by atoms with Gasteiger partial charge in [0.05, 0.1) is 13.2 Å². The SMILES string of the molecule is CCCCCCCCCN(CCC)CC(=O)OCC. The highest BCUT2D eigenvalue weighted by Gasteiger charge is 2.09. The van der Waals surface area contributed by atoms with Crippen molar-refractivity contribution in [2.75, 3.05) is 26.2 Å². The normalized spacial score (nSPS) is 10.9. The second-order valence-electron chi connectivity index (χ2n) is 5.20. The van der Waals surface area contributed by atoms with Gasteiger partial charge in [-0.25, -0.2) is 0 Å². The van der Waals surface area contributed by atoms with Gasteiger partial charge in [-0.05, 0) is 32.9 Å². The van der Waals surface area contributed by atoms with Crippen LogP contribution >= 0.6 is 0 Å². The highest BCUT2D eigenvalue weighted by molar-refractivity contribution is 5.71. The molecule has 0 spiro atoms. The van der Waals surface area contributed by atoms with Crippen LogP contribution in [-0.2, 0) is 9.53 Å². The van der Waals surface area contributed by atoms with Gasteiger partial charge in [0.15, 0.2) is 0 Å². The van der Waals surface area contributed by atoms with Gasteiger partial charge in [0.2, 0.25) is 0 Å². The summed E-state index contributed by atoms with van der Waals surface area (Å²) in [7, 11) is 0. The molecule has 0 saturated heterocycles. The zero-order chi connectivity index (χ0) is 14.3. The fourth-order valence-corrected chi connectivity index (χ4v) is 2.27. The Kier molecular flexibility index (Phi) is 13.4. The van der Waals surface area contributed by atoms with Crippen molar-refractivity contribution in [2.45, 2.75) is 72.1 Å². The van der Waals surface area contributed by atoms with Crippen LogP contribution in [0, 0.1) is 0 Å². The third-order valence-electron chi connectivity index (χ3n) is 3.28. The Labute approximate surface area is 119 Å². The second kappa shape index (κ2) is 13.9. The molecule has 0 atom stereocenters. The maximum Gasteiger partial charge on any atom is 0.320 e. The van der Waals surface area contributed by atoms with Gasteiger partial charge in [0.1, 0.15) is 0 Å². The zero-order valence-electron chi connectivity index (χ0n) is 13.2. The minimum Gasteiger partial charge on any atom is -0.465 e. The maximum atomic E-state index is 11.5. The first-order valence-corrected chi connectivity index (χ1v) is 8.12. The van der Waals surface area contributed by atoms with Crippen molar-refractivity contribution in [3.05, 3.63) is 0 Å². The summed E-state index contributed by atoms with van der Waals surface area (Å²) in [6.45, 7) is 9.22. The lowest BCUT2D eigenvalue weighted by molar-refractivity contribution is -0.144. The van der Waals surface area contributed by atoms with Gasteiger partial charge in [0.25, 0.3) is 0 Å². The molecule has 19 heavy (non-hydrogen) atoms. The fraction of sp³-hybridized carbons (Fsp3) is 0.938. The molecular formula is C16H33NO2. The van der Waals surface area contributed by atoms with Gasteiger partial charge in [-0.1, -0.05) is 52.4 Å². The molecule has 0 aromatic carbocycles. The molecule has 0 unspecified atom stereocenters. The first kappa shape index (κ1) is 18.4. The molecule has 0 amide bonds. The molecule has 3 nitrogen and oxygen atoms in total. The second-order valence-corrected chi connectivity index (χ2v) is 5.20. The lowest BCUT2D eigenvalue weighted by Gasteiger charge is -2.20. The number of nitrogens with zero attached hydrogens (tertiary/aromatic N) is 1. The average molecular weight is 271 g/mol. The molecule has 0 aliphatic rings. The Morgan fingerprint density at radius 3 is 2.05 bits per heavy atom. The molecular weight excluding hydrogens is 238 g/mol. The molecule has 0 bridgehead atoms. The van der Waals surface area contributed by atoms with Crippen LogP contribution in [0.25, 0.3) is 0 Å². The molecule has 0 aromatic rings. The van der Waals surface area contributed by atoms with E-state index in [9.17, 15) is 4.79 Å². The lowest BCUT2D eigenvalue weighted by atomic mass is 10.1. The van der Waals surface area contributed by atoms with Crippen molar-refractivity contribution in [3.63, 3.8) is 0 Å². The predicted octanol–water partition coefficient (Wildman–Crippen LogP) is 4.01. The van der Waals surface area contributed by atoms with Crippen LogP contribution in [0.3, 0.4) is 0 Å². The van der Waals surface area contributed by atoms with Crippen molar-refractivity contribution in [2.24, 2.45) is 0 Å². The molecule has 0 aromatic heterocycles. The zero-order valence-corrected chi connectivity index (χ0v) is 13.2. The van der Waals surface area contributed by atoms with Crippen molar-refractivity contribution < 1.29 is 9.53 Å². The Bertz CT molecular complexity index is 207. The van der Waals surface area contributed by atoms with E-state index >= 15 is 0 Å². The summed E-state index contributed by atoms with van der Waals surface area (Å²) in [5.74, 6) is -0.0844. The Morgan fingerprint density at radius 2 is 1.47 bits per heavy atom. The van der Waals surface area contributed by atoms with Crippen LogP contribution in [0.15, 0.2) is 0 Å². The first-order chi connectivity index (χ1) is 9.24. The summed E-state index contributed by atoms with van der Waals surface area (Å²) in [5.41, 5.74) is 0. The van der Waals surface area contributed by atoms with Gasteiger partial charge in [-0.3, -0.25) is 9.69 Å². The molecule has 0 radical (unpaired) electrons. The molecule has 0 fully saturated rings. The number of esters is 1. The average Bonchev–Trinajstić information content (AvgIpc) is 2.38. The smallest absolute Gasteiger partial charge is 0.320 e. The number of ether oxygens (including phenoxy) is 1. The lowest BCUT2D eigenvalue weighted by Crippen LogP contribution is -2.32. The number of unbranched alkanes of at least 4 members (excludes halogenated alkanes) is 6. The maximum absolute atomic E-state index is 11.5. The largest absolute Gasteiger partial charge is 0.465 e. The van der Waals surface area contributed by atoms with E-state index in [0.717, 1.165) is 19.5 Å². The van der Waals surface area contributed by atoms with Crippen LogP contribution in [0.1, 0.15) is 72.1 Å². The minimum absolute atomic E-state index is 0.0844. The summed E-state index contributed by atoms with van der Waals surface area (Å²) in [5, 5.41) is 0. The van der Waals surface area contributed by atoms with Crippen molar-refractivity contribution >= 4 is 5.97 Å². The third kappa shape index (κ3) is 12.2. The number of hydrogen-bond donors (Lipinski definition) is 0. The van der Waals surface area contributed by atoms with E-state index in [1.54, 1.807) is 0 Å². The monoisotopic (exact) mass is 271 g/mol. The van der Waals surface area contributed by atoms with Gasteiger partial charge >= 0.3 is 5.97 Å². The van der Waals surface area contributed by atoms with Crippen LogP contribution in [0.4, 0.5) is 0 Å². The molecule has 0 saturated carbocycles. The molecule has 0 N–H and O–H groups in total. The molecule has 0 rings (SSSR count). The molecule has 3 heteroatoms. The highest BCUT2D eigenvalue weighted by Crippen LogP contribution is 2.07.